The first kappa shape index (κ1) is 18.4. The molecule has 0 bridgehead atoms. The fourth-order valence-electron chi connectivity index (χ4n) is 4.05. The number of anilines is 1. The number of carboxylic acids is 1. The topological polar surface area (TPSA) is 77.9 Å². The molecular weight excluding hydrogens is 332 g/mol. The summed E-state index contributed by atoms with van der Waals surface area (Å²) in [5.74, 6) is -0.902. The Bertz CT molecular complexity index is 730. The van der Waals surface area contributed by atoms with E-state index in [-0.39, 0.29) is 30.7 Å². The van der Waals surface area contributed by atoms with Crippen LogP contribution in [0.25, 0.3) is 0 Å². The fraction of sp³-hybridized carbons (Fsp3) is 0.550. The molecule has 2 heterocycles. The van der Waals surface area contributed by atoms with Gasteiger partial charge in [-0.1, -0.05) is 32.0 Å². The lowest BCUT2D eigenvalue weighted by Crippen LogP contribution is -2.42. The van der Waals surface area contributed by atoms with E-state index < -0.39 is 11.4 Å². The van der Waals surface area contributed by atoms with Crippen LogP contribution in [-0.4, -0.2) is 47.4 Å². The van der Waals surface area contributed by atoms with Crippen LogP contribution < -0.4 is 4.90 Å². The summed E-state index contributed by atoms with van der Waals surface area (Å²) >= 11 is 0. The van der Waals surface area contributed by atoms with Crippen molar-refractivity contribution in [2.24, 2.45) is 11.3 Å². The van der Waals surface area contributed by atoms with Gasteiger partial charge in [0.15, 0.2) is 0 Å². The molecule has 1 aromatic carbocycles. The van der Waals surface area contributed by atoms with Crippen LogP contribution in [0.4, 0.5) is 5.69 Å². The number of nitrogens with zero attached hydrogens (tertiary/aromatic N) is 2. The normalized spacial score (nSPS) is 22.7. The summed E-state index contributed by atoms with van der Waals surface area (Å²) in [5.41, 5.74) is 1.16. The lowest BCUT2D eigenvalue weighted by molar-refractivity contribution is -0.151. The number of amides is 2. The third kappa shape index (κ3) is 3.20. The van der Waals surface area contributed by atoms with Gasteiger partial charge in [0.25, 0.3) is 0 Å². The quantitative estimate of drug-likeness (QED) is 0.876. The smallest absolute Gasteiger partial charge is 0.311 e. The van der Waals surface area contributed by atoms with Crippen LogP contribution in [0.3, 0.4) is 0 Å². The Labute approximate surface area is 153 Å². The number of rotatable bonds is 5. The molecule has 1 N–H and O–H groups in total. The molecule has 1 saturated heterocycles. The van der Waals surface area contributed by atoms with E-state index in [0.717, 1.165) is 17.7 Å². The molecule has 0 aliphatic carbocycles. The SMILES string of the molecule is CC(C)C1(C(=O)O)CCN(C(=O)CCN2C(=O)CCc3ccccc32)C1. The van der Waals surface area contributed by atoms with E-state index >= 15 is 0 Å². The molecule has 140 valence electrons. The summed E-state index contributed by atoms with van der Waals surface area (Å²) in [7, 11) is 0. The molecule has 2 aliphatic rings. The Morgan fingerprint density at radius 1 is 1.23 bits per heavy atom. The van der Waals surface area contributed by atoms with E-state index in [0.29, 0.717) is 25.9 Å². The number of hydrogen-bond acceptors (Lipinski definition) is 3. The molecule has 6 nitrogen and oxygen atoms in total. The van der Waals surface area contributed by atoms with Gasteiger partial charge in [-0.15, -0.1) is 0 Å². The van der Waals surface area contributed by atoms with Gasteiger partial charge in [-0.3, -0.25) is 14.4 Å². The van der Waals surface area contributed by atoms with Gasteiger partial charge < -0.3 is 14.9 Å². The minimum absolute atomic E-state index is 0.0339. The van der Waals surface area contributed by atoms with Crippen molar-refractivity contribution in [2.45, 2.75) is 39.5 Å². The summed E-state index contributed by atoms with van der Waals surface area (Å²) in [4.78, 5) is 40.0. The highest BCUT2D eigenvalue weighted by Crippen LogP contribution is 2.38. The Hall–Kier alpha value is -2.37. The maximum atomic E-state index is 12.6. The number of carbonyl (C=O) groups excluding carboxylic acids is 2. The predicted molar refractivity (Wildman–Crippen MR) is 97.8 cm³/mol. The number of benzene rings is 1. The van der Waals surface area contributed by atoms with Crippen molar-refractivity contribution >= 4 is 23.5 Å². The van der Waals surface area contributed by atoms with E-state index in [9.17, 15) is 19.5 Å². The minimum Gasteiger partial charge on any atom is -0.481 e. The Morgan fingerprint density at radius 3 is 2.62 bits per heavy atom. The summed E-state index contributed by atoms with van der Waals surface area (Å²) in [5, 5.41) is 9.62. The third-order valence-electron chi connectivity index (χ3n) is 5.93. The molecule has 1 unspecified atom stereocenters. The second-order valence-corrected chi connectivity index (χ2v) is 7.61. The zero-order chi connectivity index (χ0) is 18.9. The van der Waals surface area contributed by atoms with Crippen LogP contribution in [0.5, 0.6) is 0 Å². The summed E-state index contributed by atoms with van der Waals surface area (Å²) in [6.07, 6.45) is 1.90. The molecule has 1 aromatic rings. The molecule has 0 saturated carbocycles. The molecule has 3 rings (SSSR count). The van der Waals surface area contributed by atoms with E-state index in [2.05, 4.69) is 0 Å². The molecule has 2 amide bonds. The maximum Gasteiger partial charge on any atom is 0.311 e. The first-order chi connectivity index (χ1) is 12.3. The van der Waals surface area contributed by atoms with Crippen molar-refractivity contribution in [1.29, 1.82) is 0 Å². The van der Waals surface area contributed by atoms with Crippen LogP contribution in [-0.2, 0) is 20.8 Å². The van der Waals surface area contributed by atoms with Crippen LogP contribution in [0, 0.1) is 11.3 Å². The lowest BCUT2D eigenvalue weighted by Gasteiger charge is -2.30. The Balaban J connectivity index is 1.65. The van der Waals surface area contributed by atoms with Gasteiger partial charge in [0.2, 0.25) is 11.8 Å². The van der Waals surface area contributed by atoms with Crippen molar-refractivity contribution in [3.05, 3.63) is 29.8 Å². The predicted octanol–water partition coefficient (Wildman–Crippen LogP) is 2.32. The van der Waals surface area contributed by atoms with Crippen LogP contribution >= 0.6 is 0 Å². The van der Waals surface area contributed by atoms with E-state index in [1.54, 1.807) is 9.80 Å². The zero-order valence-corrected chi connectivity index (χ0v) is 15.4. The summed E-state index contributed by atoms with van der Waals surface area (Å²) < 4.78 is 0. The number of carboxylic acid groups (broad SMARTS) is 1. The Morgan fingerprint density at radius 2 is 1.96 bits per heavy atom. The highest BCUT2D eigenvalue weighted by Gasteiger charge is 2.48. The highest BCUT2D eigenvalue weighted by atomic mass is 16.4. The summed E-state index contributed by atoms with van der Waals surface area (Å²) in [6, 6.07) is 7.79. The van der Waals surface area contributed by atoms with Crippen molar-refractivity contribution in [2.75, 3.05) is 24.5 Å². The van der Waals surface area contributed by atoms with Gasteiger partial charge in [0.05, 0.1) is 5.41 Å². The monoisotopic (exact) mass is 358 g/mol. The van der Waals surface area contributed by atoms with Crippen LogP contribution in [0.2, 0.25) is 0 Å². The largest absolute Gasteiger partial charge is 0.481 e. The molecule has 0 aromatic heterocycles. The molecule has 2 aliphatic heterocycles. The number of fused-ring (bicyclic) bond motifs is 1. The first-order valence-electron chi connectivity index (χ1n) is 9.24. The lowest BCUT2D eigenvalue weighted by atomic mass is 9.76. The third-order valence-corrected chi connectivity index (χ3v) is 5.93. The van der Waals surface area contributed by atoms with Gasteiger partial charge in [-0.25, -0.2) is 0 Å². The highest BCUT2D eigenvalue weighted by molar-refractivity contribution is 5.97. The average Bonchev–Trinajstić information content (AvgIpc) is 3.08. The minimum atomic E-state index is -0.858. The number of likely N-dealkylation sites (tertiary alicyclic amines) is 1. The number of para-hydroxylation sites is 1. The van der Waals surface area contributed by atoms with E-state index in [1.165, 1.54) is 0 Å². The van der Waals surface area contributed by atoms with Gasteiger partial charge >= 0.3 is 5.97 Å². The molecule has 1 fully saturated rings. The average molecular weight is 358 g/mol. The van der Waals surface area contributed by atoms with Gasteiger partial charge in [0, 0.05) is 38.2 Å². The van der Waals surface area contributed by atoms with Crippen LogP contribution in [0.15, 0.2) is 24.3 Å². The second kappa shape index (κ2) is 7.09. The molecular formula is C20H26N2O4. The number of carbonyl (C=O) groups is 3. The van der Waals surface area contributed by atoms with Crippen LogP contribution in [0.1, 0.15) is 38.7 Å². The van der Waals surface area contributed by atoms with Crippen molar-refractivity contribution < 1.29 is 19.5 Å². The molecule has 6 heteroatoms. The summed E-state index contributed by atoms with van der Waals surface area (Å²) in [6.45, 7) is 4.85. The molecule has 0 spiro atoms. The van der Waals surface area contributed by atoms with Gasteiger partial charge in [-0.2, -0.15) is 0 Å². The molecule has 0 radical (unpaired) electrons. The number of hydrogen-bond donors (Lipinski definition) is 1. The first-order valence-corrected chi connectivity index (χ1v) is 9.24. The van der Waals surface area contributed by atoms with E-state index in [4.69, 9.17) is 0 Å². The zero-order valence-electron chi connectivity index (χ0n) is 15.4. The van der Waals surface area contributed by atoms with E-state index in [1.807, 2.05) is 38.1 Å². The number of aryl methyl sites for hydroxylation is 1. The molecule has 1 atom stereocenters. The second-order valence-electron chi connectivity index (χ2n) is 7.61. The van der Waals surface area contributed by atoms with Gasteiger partial charge in [0.1, 0.15) is 0 Å². The van der Waals surface area contributed by atoms with Crippen molar-refractivity contribution in [3.63, 3.8) is 0 Å². The van der Waals surface area contributed by atoms with Gasteiger partial charge in [-0.05, 0) is 30.4 Å². The standard InChI is InChI=1S/C20H26N2O4/c1-14(2)20(19(25)26)10-12-21(13-20)17(23)9-11-22-16-6-4-3-5-15(16)7-8-18(22)24/h3-6,14H,7-13H2,1-2H3,(H,25,26). The van der Waals surface area contributed by atoms with Crippen molar-refractivity contribution in [3.8, 4) is 0 Å². The van der Waals surface area contributed by atoms with Crippen molar-refractivity contribution in [1.82, 2.24) is 4.90 Å². The molecule has 26 heavy (non-hydrogen) atoms. The maximum absolute atomic E-state index is 12.6. The fourth-order valence-corrected chi connectivity index (χ4v) is 4.05. The Kier molecular flexibility index (Phi) is 5.03. The number of aliphatic carboxylic acids is 1.